The number of piperazine rings is 1. The van der Waals surface area contributed by atoms with Gasteiger partial charge in [-0.15, -0.1) is 0 Å². The summed E-state index contributed by atoms with van der Waals surface area (Å²) < 4.78 is 112. The van der Waals surface area contributed by atoms with E-state index in [0.29, 0.717) is 62.8 Å². The van der Waals surface area contributed by atoms with E-state index in [4.69, 9.17) is 9.16 Å². The van der Waals surface area contributed by atoms with Crippen LogP contribution >= 0.6 is 0 Å². The van der Waals surface area contributed by atoms with Gasteiger partial charge >= 0.3 is 12.4 Å². The highest BCUT2D eigenvalue weighted by molar-refractivity contribution is 6.74. The van der Waals surface area contributed by atoms with Crippen molar-refractivity contribution in [1.29, 1.82) is 0 Å². The molecule has 7 nitrogen and oxygen atoms in total. The fourth-order valence-electron chi connectivity index (χ4n) is 7.62. The fraction of sp³-hybridized carbons (Fsp3) is 0.658. The molecule has 5 rings (SSSR count). The molecule has 1 amide bonds. The van der Waals surface area contributed by atoms with Crippen LogP contribution in [0.15, 0.2) is 30.3 Å². The Labute approximate surface area is 309 Å². The minimum absolute atomic E-state index is 0.0252. The first-order valence-corrected chi connectivity index (χ1v) is 21.0. The van der Waals surface area contributed by atoms with Crippen LogP contribution in [0.25, 0.3) is 0 Å². The van der Waals surface area contributed by atoms with E-state index in [1.54, 1.807) is 6.07 Å². The van der Waals surface area contributed by atoms with Crippen molar-refractivity contribution in [2.45, 2.75) is 101 Å². The smallest absolute Gasteiger partial charge is 0.415 e. The average molecular weight is 775 g/mol. The molecule has 53 heavy (non-hydrogen) atoms. The molecule has 3 aliphatic rings. The van der Waals surface area contributed by atoms with Crippen LogP contribution in [0.3, 0.4) is 0 Å². The molecule has 296 valence electrons. The van der Waals surface area contributed by atoms with Crippen molar-refractivity contribution in [3.8, 4) is 0 Å². The molecule has 2 aromatic carbocycles. The first-order valence-electron chi connectivity index (χ1n) is 18.1. The van der Waals surface area contributed by atoms with Crippen molar-refractivity contribution in [3.63, 3.8) is 0 Å². The zero-order valence-electron chi connectivity index (χ0n) is 32.1. The molecule has 3 aliphatic heterocycles. The normalized spacial score (nSPS) is 23.7. The third-order valence-corrected chi connectivity index (χ3v) is 16.5. The first-order chi connectivity index (χ1) is 24.3. The topological polar surface area (TPSA) is 57.3 Å². The number of nitrogens with one attached hydrogen (secondary N) is 1. The van der Waals surface area contributed by atoms with Crippen molar-refractivity contribution in [2.24, 2.45) is 0 Å². The van der Waals surface area contributed by atoms with Gasteiger partial charge in [-0.3, -0.25) is 9.69 Å². The number of hydrogen-bond donors (Lipinski definition) is 1. The molecular weight excluding hydrogens is 722 g/mol. The van der Waals surface area contributed by atoms with Crippen LogP contribution in [0.2, 0.25) is 18.1 Å². The van der Waals surface area contributed by atoms with Gasteiger partial charge in [-0.1, -0.05) is 26.8 Å². The van der Waals surface area contributed by atoms with Crippen molar-refractivity contribution < 1.29 is 44.7 Å². The van der Waals surface area contributed by atoms with Gasteiger partial charge < -0.3 is 24.3 Å². The number of anilines is 1. The summed E-state index contributed by atoms with van der Waals surface area (Å²) in [6.45, 7) is 19.5. The molecule has 0 aliphatic carbocycles. The number of carbonyl (C=O) groups excluding carboxylic acids is 1. The Kier molecular flexibility index (Phi) is 11.5. The molecule has 0 spiro atoms. The summed E-state index contributed by atoms with van der Waals surface area (Å²) in [4.78, 5) is 20.2. The molecular formula is C38H53F7N4O3Si. The summed E-state index contributed by atoms with van der Waals surface area (Å²) >= 11 is 0. The number of alkyl halides is 6. The number of hydrogen-bond acceptors (Lipinski definition) is 6. The van der Waals surface area contributed by atoms with E-state index in [-0.39, 0.29) is 29.7 Å². The quantitative estimate of drug-likeness (QED) is 0.221. The van der Waals surface area contributed by atoms with E-state index in [1.807, 2.05) is 6.92 Å². The summed E-state index contributed by atoms with van der Waals surface area (Å²) in [7, 11) is -0.673. The third kappa shape index (κ3) is 8.43. The number of benzene rings is 2. The van der Waals surface area contributed by atoms with E-state index in [2.05, 4.69) is 49.0 Å². The van der Waals surface area contributed by atoms with Crippen molar-refractivity contribution in [2.75, 3.05) is 64.5 Å². The largest absolute Gasteiger partial charge is 0.416 e. The molecule has 2 unspecified atom stereocenters. The number of amides is 1. The zero-order chi connectivity index (χ0) is 39.5. The first kappa shape index (κ1) is 41.4. The lowest BCUT2D eigenvalue weighted by atomic mass is 9.80. The highest BCUT2D eigenvalue weighted by atomic mass is 28.4. The Morgan fingerprint density at radius 1 is 0.962 bits per heavy atom. The Bertz CT molecular complexity index is 1630. The monoisotopic (exact) mass is 774 g/mol. The SMILES string of the molecule is Cc1ccc(F)c(N2C[C@H]3COCCN3C[C@H]2CO[Si](C)(C)C(C)(C)C)c1C1CNCC1N(C)C(=O)C(C)(C)c1cc(C(F)(F)F)cc(C(F)(F)F)c1. The van der Waals surface area contributed by atoms with E-state index < -0.39 is 66.5 Å². The second kappa shape index (κ2) is 14.7. The second-order valence-electron chi connectivity index (χ2n) is 16.9. The molecule has 2 aromatic rings. The molecule has 4 atom stereocenters. The number of aryl methyl sites for hydroxylation is 1. The highest BCUT2D eigenvalue weighted by Gasteiger charge is 2.46. The van der Waals surface area contributed by atoms with Gasteiger partial charge in [0.2, 0.25) is 5.91 Å². The summed E-state index contributed by atoms with van der Waals surface area (Å²) in [5, 5.41) is 3.28. The van der Waals surface area contributed by atoms with Gasteiger partial charge in [-0.2, -0.15) is 26.3 Å². The maximum absolute atomic E-state index is 16.5. The summed E-state index contributed by atoms with van der Waals surface area (Å²) in [6, 6.07) is 3.68. The van der Waals surface area contributed by atoms with Crippen LogP contribution in [-0.4, -0.2) is 102 Å². The number of halogens is 7. The minimum atomic E-state index is -5.06. The third-order valence-electron chi connectivity index (χ3n) is 12.0. The van der Waals surface area contributed by atoms with Gasteiger partial charge in [-0.05, 0) is 79.9 Å². The Hall–Kier alpha value is -2.72. The summed E-state index contributed by atoms with van der Waals surface area (Å²) in [5.41, 5.74) is -3.21. The Morgan fingerprint density at radius 2 is 1.57 bits per heavy atom. The van der Waals surface area contributed by atoms with Gasteiger partial charge in [0.15, 0.2) is 8.32 Å². The van der Waals surface area contributed by atoms with Crippen LogP contribution in [0.5, 0.6) is 0 Å². The molecule has 0 bridgehead atoms. The van der Waals surface area contributed by atoms with Crippen LogP contribution in [0, 0.1) is 12.7 Å². The summed E-state index contributed by atoms with van der Waals surface area (Å²) in [5.74, 6) is -1.52. The molecule has 0 aromatic heterocycles. The second-order valence-corrected chi connectivity index (χ2v) is 21.7. The van der Waals surface area contributed by atoms with Crippen LogP contribution in [0.4, 0.5) is 36.4 Å². The van der Waals surface area contributed by atoms with Gasteiger partial charge in [0.05, 0.1) is 60.2 Å². The lowest BCUT2D eigenvalue weighted by molar-refractivity contribution is -0.144. The van der Waals surface area contributed by atoms with E-state index >= 15 is 4.39 Å². The van der Waals surface area contributed by atoms with Crippen LogP contribution in [0.1, 0.15) is 68.4 Å². The number of morpholine rings is 1. The van der Waals surface area contributed by atoms with E-state index in [9.17, 15) is 31.1 Å². The zero-order valence-corrected chi connectivity index (χ0v) is 33.1. The average Bonchev–Trinajstić information content (AvgIpc) is 3.55. The molecule has 0 radical (unpaired) electrons. The molecule has 3 fully saturated rings. The van der Waals surface area contributed by atoms with Crippen molar-refractivity contribution in [3.05, 3.63) is 64.0 Å². The van der Waals surface area contributed by atoms with E-state index in [0.717, 1.165) is 12.1 Å². The standard InChI is InChI=1S/C38H53F7N4O3Si/c1-23-10-11-30(39)33(49-20-27-21-51-13-12-48(27)19-28(49)22-52-53(8,9)35(2,3)4)32(23)29-17-46-18-31(29)47(7)34(50)36(5,6)24-14-25(37(40,41)42)16-26(15-24)38(43,44)45/h10-11,14-16,27-29,31,46H,12-13,17-22H2,1-9H3/t27-,28-,29?,31?/m0/s1. The molecule has 15 heteroatoms. The minimum Gasteiger partial charge on any atom is -0.415 e. The maximum atomic E-state index is 16.5. The molecule has 1 N–H and O–H groups in total. The Balaban J connectivity index is 1.52. The lowest BCUT2D eigenvalue weighted by Gasteiger charge is -2.50. The van der Waals surface area contributed by atoms with Crippen molar-refractivity contribution >= 4 is 19.9 Å². The van der Waals surface area contributed by atoms with E-state index in [1.165, 1.54) is 31.9 Å². The predicted molar refractivity (Wildman–Crippen MR) is 193 cm³/mol. The number of fused-ring (bicyclic) bond motifs is 1. The number of likely N-dealkylation sites (N-methyl/N-ethyl adjacent to an activating group) is 1. The van der Waals surface area contributed by atoms with Crippen LogP contribution < -0.4 is 10.2 Å². The number of rotatable bonds is 8. The molecule has 3 saturated heterocycles. The van der Waals surface area contributed by atoms with Gasteiger partial charge in [0.25, 0.3) is 0 Å². The Morgan fingerprint density at radius 3 is 2.15 bits per heavy atom. The maximum Gasteiger partial charge on any atom is 0.416 e. The van der Waals surface area contributed by atoms with Crippen molar-refractivity contribution in [1.82, 2.24) is 15.1 Å². The number of ether oxygens (including phenoxy) is 1. The molecule has 0 saturated carbocycles. The highest BCUT2D eigenvalue weighted by Crippen LogP contribution is 2.43. The lowest BCUT2D eigenvalue weighted by Crippen LogP contribution is -2.64. The molecule has 3 heterocycles. The van der Waals surface area contributed by atoms with Crippen LogP contribution in [-0.2, 0) is 31.7 Å². The fourth-order valence-corrected chi connectivity index (χ4v) is 8.66. The number of carbonyl (C=O) groups is 1. The number of nitrogens with zero attached hydrogens (tertiary/aromatic N) is 3. The van der Waals surface area contributed by atoms with Gasteiger partial charge in [-0.25, -0.2) is 4.39 Å². The van der Waals surface area contributed by atoms with Gasteiger partial charge in [0.1, 0.15) is 5.82 Å². The summed E-state index contributed by atoms with van der Waals surface area (Å²) in [6.07, 6.45) is -10.1. The van der Waals surface area contributed by atoms with Gasteiger partial charge in [0, 0.05) is 45.7 Å². The predicted octanol–water partition coefficient (Wildman–Crippen LogP) is 7.57.